The standard InChI is InChI=1S/C18H35N/c1-14(13-17(3,4)5)15(2)19-11-9-16(10-12-19)18(6,7)8/h14,16H,2,9-13H2,1,3-8H3. The molecule has 1 saturated heterocycles. The van der Waals surface area contributed by atoms with Crippen LogP contribution < -0.4 is 0 Å². The van der Waals surface area contributed by atoms with Gasteiger partial charge in [-0.25, -0.2) is 0 Å². The Balaban J connectivity index is 2.49. The Bertz CT molecular complexity index is 295. The fourth-order valence-corrected chi connectivity index (χ4v) is 3.38. The van der Waals surface area contributed by atoms with E-state index in [2.05, 4.69) is 59.9 Å². The first-order valence-electron chi connectivity index (χ1n) is 7.94. The van der Waals surface area contributed by atoms with E-state index in [0.29, 0.717) is 16.7 Å². The number of hydrogen-bond acceptors (Lipinski definition) is 1. The highest BCUT2D eigenvalue weighted by molar-refractivity contribution is 5.01. The number of piperidine rings is 1. The summed E-state index contributed by atoms with van der Waals surface area (Å²) in [6, 6.07) is 0. The van der Waals surface area contributed by atoms with Crippen LogP contribution in [0.4, 0.5) is 0 Å². The molecule has 1 heteroatoms. The summed E-state index contributed by atoms with van der Waals surface area (Å²) in [4.78, 5) is 2.54. The maximum atomic E-state index is 4.38. The van der Waals surface area contributed by atoms with E-state index < -0.39 is 0 Å². The second-order valence-electron chi connectivity index (χ2n) is 8.78. The molecular weight excluding hydrogens is 230 g/mol. The molecule has 1 unspecified atom stereocenters. The van der Waals surface area contributed by atoms with Gasteiger partial charge in [0.1, 0.15) is 0 Å². The van der Waals surface area contributed by atoms with Crippen molar-refractivity contribution in [2.75, 3.05) is 13.1 Å². The normalized spacial score (nSPS) is 20.5. The lowest BCUT2D eigenvalue weighted by molar-refractivity contribution is 0.123. The molecule has 0 radical (unpaired) electrons. The Hall–Kier alpha value is -0.460. The van der Waals surface area contributed by atoms with Gasteiger partial charge in [0.25, 0.3) is 0 Å². The average molecular weight is 265 g/mol. The smallest absolute Gasteiger partial charge is 0.0177 e. The summed E-state index contributed by atoms with van der Waals surface area (Å²) in [6.07, 6.45) is 3.88. The van der Waals surface area contributed by atoms with E-state index in [1.54, 1.807) is 0 Å². The largest absolute Gasteiger partial charge is 0.375 e. The zero-order valence-electron chi connectivity index (χ0n) is 14.3. The van der Waals surface area contributed by atoms with Gasteiger partial charge in [0.05, 0.1) is 0 Å². The Morgan fingerprint density at radius 2 is 1.58 bits per heavy atom. The summed E-state index contributed by atoms with van der Waals surface area (Å²) >= 11 is 0. The molecule has 0 aliphatic carbocycles. The van der Waals surface area contributed by atoms with Gasteiger partial charge in [0.2, 0.25) is 0 Å². The number of rotatable bonds is 3. The first kappa shape index (κ1) is 16.6. The van der Waals surface area contributed by atoms with Crippen molar-refractivity contribution in [3.8, 4) is 0 Å². The molecule has 1 aliphatic rings. The van der Waals surface area contributed by atoms with E-state index in [-0.39, 0.29) is 0 Å². The summed E-state index contributed by atoms with van der Waals surface area (Å²) in [5.41, 5.74) is 2.22. The number of hydrogen-bond donors (Lipinski definition) is 0. The molecule has 0 bridgehead atoms. The Labute approximate surface area is 121 Å². The maximum absolute atomic E-state index is 4.38. The van der Waals surface area contributed by atoms with Crippen LogP contribution in [0.5, 0.6) is 0 Å². The van der Waals surface area contributed by atoms with Crippen molar-refractivity contribution >= 4 is 0 Å². The Kier molecular flexibility index (Phi) is 5.15. The van der Waals surface area contributed by atoms with Crippen molar-refractivity contribution in [2.45, 2.75) is 67.7 Å². The predicted molar refractivity (Wildman–Crippen MR) is 86.1 cm³/mol. The van der Waals surface area contributed by atoms with Crippen molar-refractivity contribution in [2.24, 2.45) is 22.7 Å². The van der Waals surface area contributed by atoms with Crippen LogP contribution in [0.3, 0.4) is 0 Å². The van der Waals surface area contributed by atoms with Crippen LogP contribution >= 0.6 is 0 Å². The van der Waals surface area contributed by atoms with Gasteiger partial charge in [0.15, 0.2) is 0 Å². The summed E-state index contributed by atoms with van der Waals surface area (Å²) < 4.78 is 0. The predicted octanol–water partition coefficient (Wildman–Crippen LogP) is 5.33. The van der Waals surface area contributed by atoms with E-state index in [9.17, 15) is 0 Å². The quantitative estimate of drug-likeness (QED) is 0.666. The summed E-state index contributed by atoms with van der Waals surface area (Å²) in [7, 11) is 0. The van der Waals surface area contributed by atoms with Crippen LogP contribution in [0.15, 0.2) is 12.3 Å². The van der Waals surface area contributed by atoms with Crippen LogP contribution in [-0.4, -0.2) is 18.0 Å². The maximum Gasteiger partial charge on any atom is 0.0177 e. The minimum absolute atomic E-state index is 0.395. The monoisotopic (exact) mass is 265 g/mol. The van der Waals surface area contributed by atoms with Gasteiger partial charge in [0, 0.05) is 18.8 Å². The van der Waals surface area contributed by atoms with E-state index >= 15 is 0 Å². The SMILES string of the molecule is C=C(C(C)CC(C)(C)C)N1CCC(C(C)(C)C)CC1. The van der Waals surface area contributed by atoms with Gasteiger partial charge in [-0.05, 0) is 41.9 Å². The van der Waals surface area contributed by atoms with Gasteiger partial charge in [-0.1, -0.05) is 55.0 Å². The third-order valence-electron chi connectivity index (χ3n) is 4.61. The van der Waals surface area contributed by atoms with E-state index in [4.69, 9.17) is 0 Å². The van der Waals surface area contributed by atoms with Crippen LogP contribution in [0.25, 0.3) is 0 Å². The highest BCUT2D eigenvalue weighted by Gasteiger charge is 2.30. The Morgan fingerprint density at radius 1 is 1.11 bits per heavy atom. The van der Waals surface area contributed by atoms with Gasteiger partial charge in [-0.2, -0.15) is 0 Å². The fraction of sp³-hybridized carbons (Fsp3) is 0.889. The van der Waals surface area contributed by atoms with Crippen LogP contribution in [-0.2, 0) is 0 Å². The summed E-state index contributed by atoms with van der Waals surface area (Å²) in [5, 5.41) is 0. The molecule has 0 N–H and O–H groups in total. The number of allylic oxidation sites excluding steroid dienone is 1. The summed E-state index contributed by atoms with van der Waals surface area (Å²) in [5.74, 6) is 1.47. The first-order valence-corrected chi connectivity index (χ1v) is 7.94. The van der Waals surface area contributed by atoms with Crippen molar-refractivity contribution in [3.63, 3.8) is 0 Å². The molecule has 1 nitrogen and oxygen atoms in total. The molecule has 1 atom stereocenters. The first-order chi connectivity index (χ1) is 8.50. The molecule has 0 aromatic rings. The molecule has 1 fully saturated rings. The van der Waals surface area contributed by atoms with E-state index in [1.807, 2.05) is 0 Å². The molecule has 112 valence electrons. The second-order valence-corrected chi connectivity index (χ2v) is 8.78. The van der Waals surface area contributed by atoms with Crippen molar-refractivity contribution in [1.82, 2.24) is 4.90 Å². The van der Waals surface area contributed by atoms with Gasteiger partial charge in [-0.15, -0.1) is 0 Å². The molecule has 0 spiro atoms. The molecule has 1 rings (SSSR count). The molecule has 1 heterocycles. The van der Waals surface area contributed by atoms with Crippen molar-refractivity contribution in [1.29, 1.82) is 0 Å². The lowest BCUT2D eigenvalue weighted by atomic mass is 9.75. The van der Waals surface area contributed by atoms with Crippen LogP contribution in [0.1, 0.15) is 67.7 Å². The van der Waals surface area contributed by atoms with Crippen molar-refractivity contribution < 1.29 is 0 Å². The third kappa shape index (κ3) is 5.20. The molecule has 1 aliphatic heterocycles. The number of likely N-dealkylation sites (tertiary alicyclic amines) is 1. The van der Waals surface area contributed by atoms with Gasteiger partial charge in [-0.3, -0.25) is 0 Å². The highest BCUT2D eigenvalue weighted by atomic mass is 15.1. The van der Waals surface area contributed by atoms with E-state index in [0.717, 1.165) is 5.92 Å². The molecule has 0 aromatic carbocycles. The molecule has 0 aromatic heterocycles. The minimum Gasteiger partial charge on any atom is -0.375 e. The Morgan fingerprint density at radius 3 is 1.95 bits per heavy atom. The molecule has 0 amide bonds. The topological polar surface area (TPSA) is 3.24 Å². The minimum atomic E-state index is 0.395. The van der Waals surface area contributed by atoms with Gasteiger partial charge < -0.3 is 4.90 Å². The second kappa shape index (κ2) is 5.89. The highest BCUT2D eigenvalue weighted by Crippen LogP contribution is 2.36. The number of nitrogens with zero attached hydrogens (tertiary/aromatic N) is 1. The average Bonchev–Trinajstić information content (AvgIpc) is 2.24. The van der Waals surface area contributed by atoms with E-state index in [1.165, 1.54) is 38.0 Å². The third-order valence-corrected chi connectivity index (χ3v) is 4.61. The van der Waals surface area contributed by atoms with Crippen molar-refractivity contribution in [3.05, 3.63) is 12.3 Å². The lowest BCUT2D eigenvalue weighted by Crippen LogP contribution is -2.38. The molecule has 19 heavy (non-hydrogen) atoms. The zero-order chi connectivity index (χ0) is 14.8. The fourth-order valence-electron chi connectivity index (χ4n) is 3.38. The lowest BCUT2D eigenvalue weighted by Gasteiger charge is -2.42. The zero-order valence-corrected chi connectivity index (χ0v) is 14.3. The van der Waals surface area contributed by atoms with Crippen LogP contribution in [0, 0.1) is 22.7 Å². The molecular formula is C18H35N. The van der Waals surface area contributed by atoms with Crippen LogP contribution in [0.2, 0.25) is 0 Å². The summed E-state index contributed by atoms with van der Waals surface area (Å²) in [6.45, 7) is 23.2. The van der Waals surface area contributed by atoms with Gasteiger partial charge >= 0.3 is 0 Å². The molecule has 0 saturated carbocycles.